The quantitative estimate of drug-likeness (QED) is 0.106. The highest BCUT2D eigenvalue weighted by Crippen LogP contribution is 2.47. The summed E-state index contributed by atoms with van der Waals surface area (Å²) in [5.74, 6) is -0.244. The normalized spacial score (nSPS) is 13.8. The Morgan fingerprint density at radius 1 is 1.08 bits per heavy atom. The molecule has 0 bridgehead atoms. The van der Waals surface area contributed by atoms with Crippen molar-refractivity contribution in [2.75, 3.05) is 69.1 Å². The summed E-state index contributed by atoms with van der Waals surface area (Å²) < 4.78 is 13.2. The Balaban J connectivity index is 1.31. The lowest BCUT2D eigenvalue weighted by molar-refractivity contribution is -0.626. The second-order valence-electron chi connectivity index (χ2n) is 12.3. The SMILES string of the molecule is C[NH2+]CCN(CCOCCO)C(=O)Oc1cc2c(c3c(C)cccc13)[C@H](CCl)CN2C(=O)c1cn2cc(NC(=O)c3ccc(O)cc3)ccc2n1. The highest BCUT2D eigenvalue weighted by Gasteiger charge is 2.37. The number of carbonyl (C=O) groups excluding carboxylic acids is 3. The number of aryl methyl sites for hydroxylation is 1. The number of likely N-dealkylation sites (N-methyl/N-ethyl adjacent to an activating group) is 1. The number of alkyl halides is 1. The van der Waals surface area contributed by atoms with Crippen LogP contribution in [-0.2, 0) is 4.74 Å². The van der Waals surface area contributed by atoms with E-state index in [0.717, 1.165) is 21.9 Å². The molecule has 0 saturated carbocycles. The van der Waals surface area contributed by atoms with Crippen LogP contribution in [0.2, 0.25) is 0 Å². The summed E-state index contributed by atoms with van der Waals surface area (Å²) in [7, 11) is 1.92. The number of nitrogens with one attached hydrogen (secondary N) is 1. The predicted octanol–water partition coefficient (Wildman–Crippen LogP) is 3.74. The second kappa shape index (κ2) is 15.8. The molecular formula is C37H40ClN6O7+. The molecule has 0 saturated heterocycles. The lowest BCUT2D eigenvalue weighted by Gasteiger charge is -2.23. The van der Waals surface area contributed by atoms with Crippen LogP contribution >= 0.6 is 11.6 Å². The van der Waals surface area contributed by atoms with E-state index in [2.05, 4.69) is 10.3 Å². The van der Waals surface area contributed by atoms with Gasteiger partial charge in [-0.05, 0) is 59.8 Å². The Labute approximate surface area is 299 Å². The number of imidazole rings is 1. The Morgan fingerprint density at radius 2 is 1.88 bits per heavy atom. The number of hydrogen-bond donors (Lipinski definition) is 4. The van der Waals surface area contributed by atoms with Crippen molar-refractivity contribution >= 4 is 57.3 Å². The zero-order valence-electron chi connectivity index (χ0n) is 28.3. The first kappa shape index (κ1) is 35.6. The Morgan fingerprint density at radius 3 is 2.63 bits per heavy atom. The molecule has 6 rings (SSSR count). The molecule has 0 fully saturated rings. The molecule has 1 aliphatic rings. The third-order valence-electron chi connectivity index (χ3n) is 8.83. The lowest BCUT2D eigenvalue weighted by Crippen LogP contribution is -2.81. The van der Waals surface area contributed by atoms with Crippen molar-refractivity contribution in [3.8, 4) is 11.5 Å². The van der Waals surface area contributed by atoms with Crippen LogP contribution in [0.25, 0.3) is 16.4 Å². The van der Waals surface area contributed by atoms with Gasteiger partial charge in [0.25, 0.3) is 11.8 Å². The van der Waals surface area contributed by atoms with Crippen molar-refractivity contribution in [2.45, 2.75) is 12.8 Å². The third-order valence-corrected chi connectivity index (χ3v) is 9.20. The van der Waals surface area contributed by atoms with Gasteiger partial charge in [0.2, 0.25) is 0 Å². The number of phenolic OH excluding ortho intramolecular Hbond substituents is 1. The summed E-state index contributed by atoms with van der Waals surface area (Å²) >= 11 is 6.54. The molecule has 51 heavy (non-hydrogen) atoms. The number of aromatic hydroxyl groups is 1. The molecule has 0 aliphatic carbocycles. The second-order valence-corrected chi connectivity index (χ2v) is 12.6. The van der Waals surface area contributed by atoms with Crippen molar-refractivity contribution in [3.05, 3.63) is 95.4 Å². The first-order valence-electron chi connectivity index (χ1n) is 16.7. The number of halogens is 1. The monoisotopic (exact) mass is 715 g/mol. The topological polar surface area (TPSA) is 163 Å². The van der Waals surface area contributed by atoms with Crippen LogP contribution in [0, 0.1) is 6.92 Å². The van der Waals surface area contributed by atoms with E-state index >= 15 is 0 Å². The molecule has 2 aromatic heterocycles. The van der Waals surface area contributed by atoms with Crippen LogP contribution in [0.3, 0.4) is 0 Å². The maximum atomic E-state index is 14.2. The van der Waals surface area contributed by atoms with E-state index in [1.807, 2.05) is 37.5 Å². The Hall–Kier alpha value is -5.21. The minimum atomic E-state index is -0.550. The summed E-state index contributed by atoms with van der Waals surface area (Å²) in [6.45, 7) is 3.96. The van der Waals surface area contributed by atoms with Crippen LogP contribution in [-0.4, -0.2) is 101 Å². The molecule has 13 nitrogen and oxygen atoms in total. The van der Waals surface area contributed by atoms with Gasteiger partial charge >= 0.3 is 6.09 Å². The first-order chi connectivity index (χ1) is 24.7. The summed E-state index contributed by atoms with van der Waals surface area (Å²) in [4.78, 5) is 48.4. The number of hydrogen-bond acceptors (Lipinski definition) is 8. The van der Waals surface area contributed by atoms with Gasteiger partial charge in [-0.25, -0.2) is 9.78 Å². The molecule has 266 valence electrons. The average Bonchev–Trinajstić information content (AvgIpc) is 3.72. The zero-order valence-corrected chi connectivity index (χ0v) is 29.1. The van der Waals surface area contributed by atoms with Gasteiger partial charge in [0.05, 0.1) is 51.3 Å². The number of fused-ring (bicyclic) bond motifs is 4. The third kappa shape index (κ3) is 7.61. The summed E-state index contributed by atoms with van der Waals surface area (Å²) in [6, 6.07) is 16.8. The smallest absolute Gasteiger partial charge is 0.415 e. The van der Waals surface area contributed by atoms with Crippen molar-refractivity contribution < 1.29 is 39.4 Å². The number of benzene rings is 3. The van der Waals surface area contributed by atoms with Crippen LogP contribution in [0.15, 0.2) is 73.1 Å². The number of aliphatic hydroxyl groups is 1. The highest BCUT2D eigenvalue weighted by atomic mass is 35.5. The minimum Gasteiger partial charge on any atom is -0.508 e. The number of quaternary nitrogens is 1. The van der Waals surface area contributed by atoms with Gasteiger partial charge in [0.15, 0.2) is 0 Å². The molecule has 5 aromatic rings. The number of ether oxygens (including phenoxy) is 2. The van der Waals surface area contributed by atoms with E-state index in [-0.39, 0.29) is 61.4 Å². The van der Waals surface area contributed by atoms with Gasteiger partial charge in [0.1, 0.15) is 22.8 Å². The number of nitrogens with two attached hydrogens (primary N) is 1. The number of aliphatic hydroxyl groups excluding tert-OH is 1. The number of nitrogens with zero attached hydrogens (tertiary/aromatic N) is 4. The molecule has 3 heterocycles. The Bertz CT molecular complexity index is 2070. The van der Waals surface area contributed by atoms with E-state index in [0.29, 0.717) is 48.0 Å². The van der Waals surface area contributed by atoms with Gasteiger partial charge in [-0.1, -0.05) is 18.2 Å². The number of carbonyl (C=O) groups is 3. The van der Waals surface area contributed by atoms with Crippen LogP contribution < -0.4 is 20.3 Å². The van der Waals surface area contributed by atoms with Crippen molar-refractivity contribution in [1.82, 2.24) is 14.3 Å². The highest BCUT2D eigenvalue weighted by molar-refractivity contribution is 6.19. The molecular weight excluding hydrogens is 676 g/mol. The average molecular weight is 716 g/mol. The van der Waals surface area contributed by atoms with E-state index in [4.69, 9.17) is 26.2 Å². The molecule has 3 amide bonds. The van der Waals surface area contributed by atoms with E-state index in [9.17, 15) is 19.5 Å². The maximum absolute atomic E-state index is 14.2. The van der Waals surface area contributed by atoms with Crippen LogP contribution in [0.1, 0.15) is 37.9 Å². The largest absolute Gasteiger partial charge is 0.508 e. The number of aromatic nitrogens is 2. The number of anilines is 2. The van der Waals surface area contributed by atoms with Crippen LogP contribution in [0.5, 0.6) is 11.5 Å². The van der Waals surface area contributed by atoms with Crippen LogP contribution in [0.4, 0.5) is 16.2 Å². The molecule has 1 aliphatic heterocycles. The number of phenols is 1. The van der Waals surface area contributed by atoms with Crippen molar-refractivity contribution in [1.29, 1.82) is 0 Å². The molecule has 0 unspecified atom stereocenters. The fraction of sp³-hybridized carbons (Fsp3) is 0.297. The number of rotatable bonds is 13. The van der Waals surface area contributed by atoms with Crippen molar-refractivity contribution in [3.63, 3.8) is 0 Å². The standard InChI is InChI=1S/C37H39ClN6O7/c1-23-4-3-5-28-31(51-37(49)42(13-12-39-2)14-16-50-17-15-45)18-30-34(33(23)28)25(19-38)20-44(30)36(48)29-22-43-21-26(8-11-32(43)41-29)40-35(47)24-6-9-27(46)10-7-24/h3-11,18,21-22,25,39,45-46H,12-17,19-20H2,1-2H3,(H,40,47)/p+1/t25-/m1/s1. The number of amides is 3. The summed E-state index contributed by atoms with van der Waals surface area (Å²) in [5.41, 5.74) is 4.01. The van der Waals surface area contributed by atoms with Gasteiger partial charge in [-0.3, -0.25) is 14.5 Å². The summed E-state index contributed by atoms with van der Waals surface area (Å²) in [6.07, 6.45) is 2.73. The zero-order chi connectivity index (χ0) is 36.1. The minimum absolute atomic E-state index is 0.0619. The van der Waals surface area contributed by atoms with E-state index in [1.165, 1.54) is 24.3 Å². The molecule has 0 radical (unpaired) electrons. The fourth-order valence-electron chi connectivity index (χ4n) is 6.29. The molecule has 5 N–H and O–H groups in total. The molecule has 14 heteroatoms. The van der Waals surface area contributed by atoms with Gasteiger partial charge in [-0.2, -0.15) is 0 Å². The van der Waals surface area contributed by atoms with E-state index < -0.39 is 6.09 Å². The van der Waals surface area contributed by atoms with E-state index in [1.54, 1.807) is 44.8 Å². The number of pyridine rings is 1. The predicted molar refractivity (Wildman–Crippen MR) is 193 cm³/mol. The maximum Gasteiger partial charge on any atom is 0.415 e. The molecule has 3 aromatic carbocycles. The summed E-state index contributed by atoms with van der Waals surface area (Å²) in [5, 5.41) is 25.0. The van der Waals surface area contributed by atoms with Crippen molar-refractivity contribution in [2.24, 2.45) is 0 Å². The van der Waals surface area contributed by atoms with Gasteiger partial charge in [0, 0.05) is 54.3 Å². The van der Waals surface area contributed by atoms with Gasteiger partial charge < -0.3 is 39.6 Å². The first-order valence-corrected chi connectivity index (χ1v) is 17.2. The fourth-order valence-corrected chi connectivity index (χ4v) is 6.54. The Kier molecular flexibility index (Phi) is 11.0. The molecule has 0 spiro atoms. The lowest BCUT2D eigenvalue weighted by atomic mass is 9.92. The van der Waals surface area contributed by atoms with Gasteiger partial charge in [-0.15, -0.1) is 11.6 Å². The molecule has 1 atom stereocenters.